The van der Waals surface area contributed by atoms with Crippen LogP contribution in [0.1, 0.15) is 36.5 Å². The van der Waals surface area contributed by atoms with Gasteiger partial charge in [0.2, 0.25) is 0 Å². The summed E-state index contributed by atoms with van der Waals surface area (Å²) in [5.74, 6) is -0.285. The Balaban J connectivity index is 1.81. The molecule has 3 rings (SSSR count). The number of carbonyl (C=O) groups is 1. The van der Waals surface area contributed by atoms with Gasteiger partial charge in [0.15, 0.2) is 0 Å². The van der Waals surface area contributed by atoms with Crippen LogP contribution in [0, 0.1) is 0 Å². The van der Waals surface area contributed by atoms with E-state index >= 15 is 0 Å². The Bertz CT molecular complexity index is 1050. The zero-order valence-corrected chi connectivity index (χ0v) is 19.9. The van der Waals surface area contributed by atoms with Crippen LogP contribution < -0.4 is 9.62 Å². The van der Waals surface area contributed by atoms with Gasteiger partial charge in [0.1, 0.15) is 0 Å². The molecule has 0 saturated carbocycles. The number of sulfonamides is 1. The van der Waals surface area contributed by atoms with Crippen LogP contribution >= 0.6 is 11.6 Å². The van der Waals surface area contributed by atoms with E-state index in [1.54, 1.807) is 36.4 Å². The lowest BCUT2D eigenvalue weighted by atomic mass is 10.1. The molecule has 1 heterocycles. The van der Waals surface area contributed by atoms with E-state index in [9.17, 15) is 13.2 Å². The Kier molecular flexibility index (Phi) is 8.34. The van der Waals surface area contributed by atoms with Crippen molar-refractivity contribution in [3.8, 4) is 0 Å². The van der Waals surface area contributed by atoms with E-state index in [4.69, 9.17) is 11.6 Å². The molecule has 0 bridgehead atoms. The summed E-state index contributed by atoms with van der Waals surface area (Å²) in [4.78, 5) is 15.2. The second-order valence-electron chi connectivity index (χ2n) is 7.82. The van der Waals surface area contributed by atoms with Crippen LogP contribution in [0.15, 0.2) is 66.1 Å². The molecule has 8 heteroatoms. The molecule has 1 unspecified atom stereocenters. The molecule has 172 valence electrons. The number of benzene rings is 2. The Morgan fingerprint density at radius 3 is 2.59 bits per heavy atom. The van der Waals surface area contributed by atoms with Crippen LogP contribution in [0.3, 0.4) is 0 Å². The third-order valence-electron chi connectivity index (χ3n) is 5.73. The first kappa shape index (κ1) is 24.3. The van der Waals surface area contributed by atoms with E-state index in [0.717, 1.165) is 19.5 Å². The number of para-hydroxylation sites is 1. The summed E-state index contributed by atoms with van der Waals surface area (Å²) in [7, 11) is -3.95. The summed E-state index contributed by atoms with van der Waals surface area (Å²) in [5, 5.41) is 3.29. The molecule has 0 spiro atoms. The van der Waals surface area contributed by atoms with Gasteiger partial charge in [0.25, 0.3) is 15.9 Å². The minimum Gasteiger partial charge on any atom is -0.350 e. The lowest BCUT2D eigenvalue weighted by Crippen LogP contribution is -2.42. The zero-order valence-electron chi connectivity index (χ0n) is 18.3. The fourth-order valence-corrected chi connectivity index (χ4v) is 5.76. The standard InChI is InChI=1S/C24H30ClN3O3S/c1-3-14-28(23-13-6-5-12-22(23)25)32(30,31)21-11-9-10-19(17-21)24(29)26-18-20(4-2)27-15-7-8-16-27/h3,5-6,9-13,17,20H,1,4,7-8,14-16,18H2,2H3,(H,26,29). The summed E-state index contributed by atoms with van der Waals surface area (Å²) in [6, 6.07) is 13.1. The van der Waals surface area contributed by atoms with E-state index in [1.807, 2.05) is 0 Å². The van der Waals surface area contributed by atoms with Crippen molar-refractivity contribution < 1.29 is 13.2 Å². The van der Waals surface area contributed by atoms with Gasteiger partial charge in [0, 0.05) is 18.2 Å². The average molecular weight is 476 g/mol. The minimum absolute atomic E-state index is 0.0264. The maximum absolute atomic E-state index is 13.4. The highest BCUT2D eigenvalue weighted by Crippen LogP contribution is 2.30. The Morgan fingerprint density at radius 2 is 1.94 bits per heavy atom. The van der Waals surface area contributed by atoms with E-state index < -0.39 is 10.0 Å². The number of anilines is 1. The van der Waals surface area contributed by atoms with Crippen molar-refractivity contribution in [3.05, 3.63) is 71.8 Å². The first-order chi connectivity index (χ1) is 15.4. The number of carbonyl (C=O) groups excluding carboxylic acids is 1. The van der Waals surface area contributed by atoms with Gasteiger partial charge in [-0.05, 0) is 62.7 Å². The van der Waals surface area contributed by atoms with Crippen molar-refractivity contribution >= 4 is 33.2 Å². The number of halogens is 1. The monoisotopic (exact) mass is 475 g/mol. The average Bonchev–Trinajstić information content (AvgIpc) is 3.33. The number of rotatable bonds is 10. The number of amides is 1. The van der Waals surface area contributed by atoms with Gasteiger partial charge in [-0.15, -0.1) is 6.58 Å². The van der Waals surface area contributed by atoms with E-state index in [0.29, 0.717) is 22.8 Å². The van der Waals surface area contributed by atoms with Crippen LogP contribution in [0.5, 0.6) is 0 Å². The fourth-order valence-electron chi connectivity index (χ4n) is 3.97. The number of nitrogens with one attached hydrogen (secondary N) is 1. The van der Waals surface area contributed by atoms with Gasteiger partial charge in [0.05, 0.1) is 22.2 Å². The number of likely N-dealkylation sites (tertiary alicyclic amines) is 1. The maximum atomic E-state index is 13.4. The maximum Gasteiger partial charge on any atom is 0.264 e. The van der Waals surface area contributed by atoms with E-state index in [-0.39, 0.29) is 23.4 Å². The Labute approximate surface area is 195 Å². The Morgan fingerprint density at radius 1 is 1.22 bits per heavy atom. The van der Waals surface area contributed by atoms with Crippen molar-refractivity contribution in [2.75, 3.05) is 30.5 Å². The first-order valence-electron chi connectivity index (χ1n) is 10.9. The topological polar surface area (TPSA) is 69.7 Å². The smallest absolute Gasteiger partial charge is 0.264 e. The first-order valence-corrected chi connectivity index (χ1v) is 12.7. The highest BCUT2D eigenvalue weighted by molar-refractivity contribution is 7.92. The summed E-state index contributed by atoms with van der Waals surface area (Å²) < 4.78 is 28.0. The molecular weight excluding hydrogens is 446 g/mol. The summed E-state index contributed by atoms with van der Waals surface area (Å²) in [5.41, 5.74) is 0.667. The highest BCUT2D eigenvalue weighted by Gasteiger charge is 2.27. The van der Waals surface area contributed by atoms with Crippen molar-refractivity contribution in [1.82, 2.24) is 10.2 Å². The molecular formula is C24H30ClN3O3S. The molecule has 2 aromatic rings. The molecule has 1 N–H and O–H groups in total. The summed E-state index contributed by atoms with van der Waals surface area (Å²) in [6.07, 6.45) is 4.83. The van der Waals surface area contributed by atoms with Gasteiger partial charge in [-0.25, -0.2) is 8.42 Å². The molecule has 0 radical (unpaired) electrons. The fraction of sp³-hybridized carbons (Fsp3) is 0.375. The van der Waals surface area contributed by atoms with Gasteiger partial charge < -0.3 is 5.32 Å². The summed E-state index contributed by atoms with van der Waals surface area (Å²) in [6.45, 7) is 8.50. The van der Waals surface area contributed by atoms with E-state index in [1.165, 1.54) is 35.4 Å². The molecule has 32 heavy (non-hydrogen) atoms. The lowest BCUT2D eigenvalue weighted by Gasteiger charge is -2.26. The highest BCUT2D eigenvalue weighted by atomic mass is 35.5. The van der Waals surface area contributed by atoms with Crippen LogP contribution in [-0.2, 0) is 10.0 Å². The van der Waals surface area contributed by atoms with Crippen LogP contribution in [0.4, 0.5) is 5.69 Å². The molecule has 1 amide bonds. The van der Waals surface area contributed by atoms with Crippen molar-refractivity contribution in [2.45, 2.75) is 37.1 Å². The SMILES string of the molecule is C=CCN(c1ccccc1Cl)S(=O)(=O)c1cccc(C(=O)NCC(CC)N2CCCC2)c1. The predicted octanol–water partition coefficient (Wildman–Crippen LogP) is 4.33. The van der Waals surface area contributed by atoms with Gasteiger partial charge in [-0.3, -0.25) is 14.0 Å². The number of hydrogen-bond donors (Lipinski definition) is 1. The van der Waals surface area contributed by atoms with Crippen LogP contribution in [-0.4, -0.2) is 51.4 Å². The van der Waals surface area contributed by atoms with Gasteiger partial charge >= 0.3 is 0 Å². The quantitative estimate of drug-likeness (QED) is 0.519. The molecule has 1 fully saturated rings. The largest absolute Gasteiger partial charge is 0.350 e. The molecule has 0 aromatic heterocycles. The van der Waals surface area contributed by atoms with Crippen LogP contribution in [0.2, 0.25) is 5.02 Å². The van der Waals surface area contributed by atoms with Crippen molar-refractivity contribution in [1.29, 1.82) is 0 Å². The molecule has 1 aliphatic heterocycles. The minimum atomic E-state index is -3.95. The second kappa shape index (κ2) is 11.0. The van der Waals surface area contributed by atoms with Gasteiger partial charge in [-0.1, -0.05) is 42.8 Å². The molecule has 1 atom stereocenters. The van der Waals surface area contributed by atoms with Crippen molar-refractivity contribution in [3.63, 3.8) is 0 Å². The molecule has 1 aliphatic rings. The summed E-state index contributed by atoms with van der Waals surface area (Å²) >= 11 is 6.26. The molecule has 0 aliphatic carbocycles. The number of nitrogens with zero attached hydrogens (tertiary/aromatic N) is 2. The normalized spacial score (nSPS) is 15.3. The third-order valence-corrected chi connectivity index (χ3v) is 7.82. The van der Waals surface area contributed by atoms with Gasteiger partial charge in [-0.2, -0.15) is 0 Å². The lowest BCUT2D eigenvalue weighted by molar-refractivity contribution is 0.0937. The molecule has 1 saturated heterocycles. The van der Waals surface area contributed by atoms with E-state index in [2.05, 4.69) is 23.7 Å². The van der Waals surface area contributed by atoms with Crippen molar-refractivity contribution in [2.24, 2.45) is 0 Å². The molecule has 6 nitrogen and oxygen atoms in total. The Hall–Kier alpha value is -2.35. The zero-order chi connectivity index (χ0) is 23.1. The third kappa shape index (κ3) is 5.52. The molecule has 2 aromatic carbocycles. The predicted molar refractivity (Wildman–Crippen MR) is 130 cm³/mol. The van der Waals surface area contributed by atoms with Crippen LogP contribution in [0.25, 0.3) is 0 Å². The number of hydrogen-bond acceptors (Lipinski definition) is 4. The second-order valence-corrected chi connectivity index (χ2v) is 10.1.